The van der Waals surface area contributed by atoms with Gasteiger partial charge in [0.1, 0.15) is 10.9 Å². The molecule has 1 N–H and O–H groups in total. The number of esters is 1. The number of nitrogens with one attached hydrogen (secondary N) is 1. The van der Waals surface area contributed by atoms with Gasteiger partial charge in [-0.1, -0.05) is 41.4 Å². The predicted molar refractivity (Wildman–Crippen MR) is 128 cm³/mol. The molecule has 0 spiro atoms. The number of halogens is 1. The minimum atomic E-state index is -0.756. The van der Waals surface area contributed by atoms with Gasteiger partial charge >= 0.3 is 5.97 Å². The molecule has 1 heterocycles. The summed E-state index contributed by atoms with van der Waals surface area (Å²) < 4.78 is 11.6. The Balaban J connectivity index is 1.53. The van der Waals surface area contributed by atoms with Crippen molar-refractivity contribution in [2.45, 2.75) is 20.4 Å². The van der Waals surface area contributed by atoms with Gasteiger partial charge in [-0.3, -0.25) is 14.9 Å². The van der Waals surface area contributed by atoms with Crippen molar-refractivity contribution in [3.8, 4) is 5.75 Å². The Bertz CT molecular complexity index is 1210. The Kier molecular flexibility index (Phi) is 8.21. The summed E-state index contributed by atoms with van der Waals surface area (Å²) in [5.74, 6) is -1.53. The maximum atomic E-state index is 12.1. The lowest BCUT2D eigenvalue weighted by Crippen LogP contribution is -2.34. The lowest BCUT2D eigenvalue weighted by atomic mass is 10.1. The summed E-state index contributed by atoms with van der Waals surface area (Å²) >= 11 is 6.44. The molecule has 0 saturated carbocycles. The molecule has 34 heavy (non-hydrogen) atoms. The smallest absolute Gasteiger partial charge is 0.331 e. The number of benzene rings is 2. The van der Waals surface area contributed by atoms with E-state index in [0.29, 0.717) is 28.7 Å². The van der Waals surface area contributed by atoms with Crippen LogP contribution in [0.2, 0.25) is 5.15 Å². The highest BCUT2D eigenvalue weighted by Gasteiger charge is 2.14. The first kappa shape index (κ1) is 24.7. The number of aromatic nitrogens is 2. The molecular formula is C25H24ClN3O5. The van der Waals surface area contributed by atoms with E-state index in [1.165, 1.54) is 25.3 Å². The molecule has 0 aliphatic heterocycles. The number of amides is 2. The van der Waals surface area contributed by atoms with E-state index in [-0.39, 0.29) is 5.56 Å². The fourth-order valence-electron chi connectivity index (χ4n) is 3.04. The first-order valence-corrected chi connectivity index (χ1v) is 10.8. The molecular weight excluding hydrogens is 458 g/mol. The number of imide groups is 1. The number of carbonyl (C=O) groups is 3. The van der Waals surface area contributed by atoms with Gasteiger partial charge in [-0.25, -0.2) is 9.48 Å². The van der Waals surface area contributed by atoms with Crippen LogP contribution in [-0.2, 0) is 20.9 Å². The van der Waals surface area contributed by atoms with Crippen LogP contribution in [0, 0.1) is 13.8 Å². The average molecular weight is 482 g/mol. The summed E-state index contributed by atoms with van der Waals surface area (Å²) in [5.41, 5.74) is 3.69. The van der Waals surface area contributed by atoms with Crippen molar-refractivity contribution in [2.75, 3.05) is 13.7 Å². The van der Waals surface area contributed by atoms with E-state index < -0.39 is 24.4 Å². The first-order valence-electron chi connectivity index (χ1n) is 10.4. The van der Waals surface area contributed by atoms with Crippen LogP contribution >= 0.6 is 11.6 Å². The molecule has 1 aromatic heterocycles. The molecule has 3 aromatic rings. The predicted octanol–water partition coefficient (Wildman–Crippen LogP) is 3.72. The van der Waals surface area contributed by atoms with Crippen LogP contribution in [-0.4, -0.2) is 41.3 Å². The molecule has 176 valence electrons. The van der Waals surface area contributed by atoms with Gasteiger partial charge in [-0.15, -0.1) is 0 Å². The number of nitrogens with zero attached hydrogens (tertiary/aromatic N) is 2. The van der Waals surface area contributed by atoms with Crippen molar-refractivity contribution >= 4 is 35.5 Å². The van der Waals surface area contributed by atoms with Gasteiger partial charge < -0.3 is 9.47 Å². The van der Waals surface area contributed by atoms with E-state index in [4.69, 9.17) is 21.1 Å². The summed E-state index contributed by atoms with van der Waals surface area (Å²) in [6.45, 7) is 3.67. The second kappa shape index (κ2) is 11.3. The van der Waals surface area contributed by atoms with Crippen molar-refractivity contribution in [3.05, 3.63) is 87.7 Å². The lowest BCUT2D eigenvalue weighted by Gasteiger charge is -2.05. The number of hydrogen-bond acceptors (Lipinski definition) is 6. The van der Waals surface area contributed by atoms with E-state index in [2.05, 4.69) is 10.4 Å². The van der Waals surface area contributed by atoms with Crippen molar-refractivity contribution in [1.29, 1.82) is 0 Å². The Morgan fingerprint density at radius 1 is 1.06 bits per heavy atom. The largest absolute Gasteiger partial charge is 0.497 e. The molecule has 2 amide bonds. The summed E-state index contributed by atoms with van der Waals surface area (Å²) in [5, 5.41) is 6.96. The summed E-state index contributed by atoms with van der Waals surface area (Å²) in [4.78, 5) is 36.1. The van der Waals surface area contributed by atoms with Crippen molar-refractivity contribution in [1.82, 2.24) is 15.1 Å². The molecule has 0 fully saturated rings. The van der Waals surface area contributed by atoms with Gasteiger partial charge in [0.05, 0.1) is 19.3 Å². The second-order valence-corrected chi connectivity index (χ2v) is 7.84. The van der Waals surface area contributed by atoms with E-state index >= 15 is 0 Å². The summed E-state index contributed by atoms with van der Waals surface area (Å²) in [6, 6.07) is 14.2. The molecule has 9 heteroatoms. The van der Waals surface area contributed by atoms with Crippen LogP contribution in [0.1, 0.15) is 32.7 Å². The zero-order chi connectivity index (χ0) is 24.7. The molecule has 0 unspecified atom stereocenters. The summed E-state index contributed by atoms with van der Waals surface area (Å²) in [6.07, 6.45) is 2.64. The molecule has 0 bridgehead atoms. The normalized spacial score (nSPS) is 10.8. The maximum Gasteiger partial charge on any atom is 0.331 e. The number of carbonyl (C=O) groups excluding carboxylic acids is 3. The summed E-state index contributed by atoms with van der Waals surface area (Å²) in [7, 11) is 1.51. The Labute approximate surface area is 202 Å². The van der Waals surface area contributed by atoms with Gasteiger partial charge in [0.25, 0.3) is 11.8 Å². The van der Waals surface area contributed by atoms with E-state index in [9.17, 15) is 14.4 Å². The first-order chi connectivity index (χ1) is 16.3. The van der Waals surface area contributed by atoms with Crippen molar-refractivity contribution in [3.63, 3.8) is 0 Å². The number of ether oxygens (including phenoxy) is 2. The second-order valence-electron chi connectivity index (χ2n) is 7.48. The quantitative estimate of drug-likeness (QED) is 0.389. The Morgan fingerprint density at radius 2 is 1.74 bits per heavy atom. The third kappa shape index (κ3) is 6.55. The van der Waals surface area contributed by atoms with Gasteiger partial charge in [-0.2, -0.15) is 5.10 Å². The molecule has 3 rings (SSSR count). The fourth-order valence-corrected chi connectivity index (χ4v) is 3.34. The molecule has 8 nitrogen and oxygen atoms in total. The number of rotatable bonds is 8. The minimum Gasteiger partial charge on any atom is -0.497 e. The molecule has 0 aliphatic carbocycles. The molecule has 2 aromatic carbocycles. The lowest BCUT2D eigenvalue weighted by molar-refractivity contribution is -0.143. The van der Waals surface area contributed by atoms with Gasteiger partial charge in [0.15, 0.2) is 6.61 Å². The highest BCUT2D eigenvalue weighted by molar-refractivity contribution is 6.31. The van der Waals surface area contributed by atoms with Gasteiger partial charge in [0.2, 0.25) is 0 Å². The minimum absolute atomic E-state index is 0.271. The number of hydrogen-bond donors (Lipinski definition) is 1. The van der Waals surface area contributed by atoms with Crippen LogP contribution in [0.15, 0.2) is 54.6 Å². The number of aryl methyl sites for hydroxylation is 2. The van der Waals surface area contributed by atoms with Crippen molar-refractivity contribution < 1.29 is 23.9 Å². The van der Waals surface area contributed by atoms with Crippen LogP contribution in [0.25, 0.3) is 6.08 Å². The van der Waals surface area contributed by atoms with Gasteiger partial charge in [0, 0.05) is 17.2 Å². The fraction of sp³-hybridized carbons (Fsp3) is 0.200. The SMILES string of the molecule is COc1ccc(C(=O)NC(=O)COC(=O)/C=C/c2c(C)nn(Cc3ccc(C)cc3)c2Cl)cc1. The van der Waals surface area contributed by atoms with Crippen LogP contribution in [0.5, 0.6) is 5.75 Å². The van der Waals surface area contributed by atoms with E-state index in [1.54, 1.807) is 23.7 Å². The van der Waals surface area contributed by atoms with Crippen LogP contribution in [0.3, 0.4) is 0 Å². The van der Waals surface area contributed by atoms with E-state index in [0.717, 1.165) is 17.2 Å². The monoisotopic (exact) mass is 481 g/mol. The third-order valence-corrected chi connectivity index (χ3v) is 5.30. The van der Waals surface area contributed by atoms with Crippen molar-refractivity contribution in [2.24, 2.45) is 0 Å². The number of methoxy groups -OCH3 is 1. The van der Waals surface area contributed by atoms with E-state index in [1.807, 2.05) is 31.2 Å². The van der Waals surface area contributed by atoms with Crippen LogP contribution < -0.4 is 10.1 Å². The Hall–Kier alpha value is -3.91. The third-order valence-electron chi connectivity index (χ3n) is 4.90. The van der Waals surface area contributed by atoms with Crippen LogP contribution in [0.4, 0.5) is 0 Å². The molecule has 0 aliphatic rings. The molecule has 0 atom stereocenters. The highest BCUT2D eigenvalue weighted by atomic mass is 35.5. The highest BCUT2D eigenvalue weighted by Crippen LogP contribution is 2.22. The molecule has 0 radical (unpaired) electrons. The maximum absolute atomic E-state index is 12.1. The molecule has 0 saturated heterocycles. The Morgan fingerprint density at radius 3 is 2.38 bits per heavy atom. The van der Waals surface area contributed by atoms with Gasteiger partial charge in [-0.05, 0) is 49.8 Å². The average Bonchev–Trinajstić information content (AvgIpc) is 3.09. The standard InChI is InChI=1S/C25H24ClN3O5/c1-16-4-6-18(7-5-16)14-29-24(26)21(17(2)28-29)12-13-23(31)34-15-22(30)27-25(32)19-8-10-20(33-3)11-9-19/h4-13H,14-15H2,1-3H3,(H,27,30,32)/b13-12+. The zero-order valence-electron chi connectivity index (χ0n) is 19.0. The topological polar surface area (TPSA) is 99.5 Å². The zero-order valence-corrected chi connectivity index (χ0v) is 19.8.